The van der Waals surface area contributed by atoms with Crippen molar-refractivity contribution in [2.24, 2.45) is 5.41 Å². The molecular formula is C17H20F6O2. The van der Waals surface area contributed by atoms with E-state index in [1.54, 1.807) is 30.3 Å². The molecule has 0 fully saturated rings. The fourth-order valence-corrected chi connectivity index (χ4v) is 2.51. The molecule has 0 aromatic heterocycles. The van der Waals surface area contributed by atoms with Crippen LogP contribution in [0.4, 0.5) is 26.3 Å². The number of hydrogen-bond donors (Lipinski definition) is 0. The van der Waals surface area contributed by atoms with Crippen LogP contribution in [0.1, 0.15) is 45.1 Å². The standard InChI is InChI=1S/C17H20F6O2/c1-4-11(12-8-6-5-7-9-12)10-15(2,3)14(24)25-13(16(18,19)20)17(21,22)23/h5-9,11,13H,4,10H2,1-3H3. The number of rotatable bonds is 6. The molecule has 0 bridgehead atoms. The van der Waals surface area contributed by atoms with E-state index < -0.39 is 29.8 Å². The minimum absolute atomic E-state index is 0.0643. The molecule has 0 radical (unpaired) electrons. The van der Waals surface area contributed by atoms with Crippen LogP contribution in [0.5, 0.6) is 0 Å². The Balaban J connectivity index is 2.94. The van der Waals surface area contributed by atoms with Crippen molar-refractivity contribution in [3.05, 3.63) is 35.9 Å². The molecule has 0 saturated heterocycles. The van der Waals surface area contributed by atoms with Crippen LogP contribution >= 0.6 is 0 Å². The van der Waals surface area contributed by atoms with Crippen LogP contribution in [0.15, 0.2) is 30.3 Å². The van der Waals surface area contributed by atoms with Gasteiger partial charge < -0.3 is 4.74 Å². The molecule has 0 spiro atoms. The van der Waals surface area contributed by atoms with Gasteiger partial charge in [0.25, 0.3) is 6.10 Å². The maximum Gasteiger partial charge on any atom is 0.434 e. The highest BCUT2D eigenvalue weighted by Crippen LogP contribution is 2.39. The summed E-state index contributed by atoms with van der Waals surface area (Å²) >= 11 is 0. The van der Waals surface area contributed by atoms with E-state index in [1.165, 1.54) is 13.8 Å². The first-order chi connectivity index (χ1) is 11.3. The number of esters is 1. The fourth-order valence-electron chi connectivity index (χ4n) is 2.51. The van der Waals surface area contributed by atoms with Gasteiger partial charge in [-0.15, -0.1) is 0 Å². The Morgan fingerprint density at radius 1 is 1.00 bits per heavy atom. The third kappa shape index (κ3) is 5.93. The minimum Gasteiger partial charge on any atom is -0.442 e. The number of carbonyl (C=O) groups excluding carboxylic acids is 1. The predicted molar refractivity (Wildman–Crippen MR) is 79.9 cm³/mol. The second-order valence-corrected chi connectivity index (χ2v) is 6.47. The van der Waals surface area contributed by atoms with E-state index >= 15 is 0 Å². The Kier molecular flexibility index (Phi) is 6.53. The van der Waals surface area contributed by atoms with Gasteiger partial charge in [0.1, 0.15) is 0 Å². The van der Waals surface area contributed by atoms with Crippen LogP contribution < -0.4 is 0 Å². The highest BCUT2D eigenvalue weighted by Gasteiger charge is 2.60. The molecule has 2 nitrogen and oxygen atoms in total. The second-order valence-electron chi connectivity index (χ2n) is 6.47. The van der Waals surface area contributed by atoms with Gasteiger partial charge >= 0.3 is 18.3 Å². The zero-order valence-corrected chi connectivity index (χ0v) is 14.0. The summed E-state index contributed by atoms with van der Waals surface area (Å²) in [6, 6.07) is 8.92. The van der Waals surface area contributed by atoms with Crippen molar-refractivity contribution >= 4 is 5.97 Å². The number of alkyl halides is 6. The average molecular weight is 370 g/mol. The van der Waals surface area contributed by atoms with Crippen molar-refractivity contribution in [3.63, 3.8) is 0 Å². The van der Waals surface area contributed by atoms with Gasteiger partial charge in [0.15, 0.2) is 0 Å². The van der Waals surface area contributed by atoms with E-state index in [2.05, 4.69) is 4.74 Å². The molecule has 0 aliphatic rings. The Labute approximate surface area is 142 Å². The Hall–Kier alpha value is -1.73. The van der Waals surface area contributed by atoms with Crippen molar-refractivity contribution < 1.29 is 35.9 Å². The van der Waals surface area contributed by atoms with Gasteiger partial charge in [-0.05, 0) is 38.2 Å². The molecule has 1 atom stereocenters. The molecule has 0 N–H and O–H groups in total. The highest BCUT2D eigenvalue weighted by atomic mass is 19.4. The number of benzene rings is 1. The summed E-state index contributed by atoms with van der Waals surface area (Å²) in [6.07, 6.45) is -14.9. The molecule has 0 heterocycles. The molecule has 0 aliphatic heterocycles. The summed E-state index contributed by atoms with van der Waals surface area (Å²) in [6.45, 7) is 4.39. The lowest BCUT2D eigenvalue weighted by Crippen LogP contribution is -2.47. The zero-order chi connectivity index (χ0) is 19.5. The summed E-state index contributed by atoms with van der Waals surface area (Å²) in [5.41, 5.74) is -0.653. The summed E-state index contributed by atoms with van der Waals surface area (Å²) < 4.78 is 79.2. The maximum atomic E-state index is 12.6. The monoisotopic (exact) mass is 370 g/mol. The Bertz CT molecular complexity index is 549. The van der Waals surface area contributed by atoms with E-state index in [0.29, 0.717) is 6.42 Å². The van der Waals surface area contributed by atoms with Crippen LogP contribution in [0.2, 0.25) is 0 Å². The topological polar surface area (TPSA) is 26.3 Å². The van der Waals surface area contributed by atoms with Gasteiger partial charge in [-0.2, -0.15) is 26.3 Å². The van der Waals surface area contributed by atoms with Crippen molar-refractivity contribution in [1.29, 1.82) is 0 Å². The lowest BCUT2D eigenvalue weighted by Gasteiger charge is -2.31. The lowest BCUT2D eigenvalue weighted by molar-refractivity contribution is -0.315. The maximum absolute atomic E-state index is 12.6. The van der Waals surface area contributed by atoms with Crippen molar-refractivity contribution in [2.45, 2.75) is 58.0 Å². The first-order valence-electron chi connectivity index (χ1n) is 7.68. The SMILES string of the molecule is CCC(CC(C)(C)C(=O)OC(C(F)(F)F)C(F)(F)F)c1ccccc1. The fraction of sp³-hybridized carbons (Fsp3) is 0.588. The van der Waals surface area contributed by atoms with E-state index in [-0.39, 0.29) is 12.3 Å². The number of ether oxygens (including phenoxy) is 1. The summed E-state index contributed by atoms with van der Waals surface area (Å²) in [5.74, 6) is -1.72. The summed E-state index contributed by atoms with van der Waals surface area (Å²) in [5, 5.41) is 0. The molecule has 1 unspecified atom stereocenters. The first kappa shape index (κ1) is 21.3. The largest absolute Gasteiger partial charge is 0.442 e. The van der Waals surface area contributed by atoms with Gasteiger partial charge in [0.2, 0.25) is 0 Å². The van der Waals surface area contributed by atoms with E-state index in [0.717, 1.165) is 5.56 Å². The van der Waals surface area contributed by atoms with Crippen LogP contribution in [-0.4, -0.2) is 24.4 Å². The van der Waals surface area contributed by atoms with Crippen molar-refractivity contribution in [2.75, 3.05) is 0 Å². The normalized spacial score (nSPS) is 14.5. The number of carbonyl (C=O) groups is 1. The Morgan fingerprint density at radius 3 is 1.88 bits per heavy atom. The van der Waals surface area contributed by atoms with E-state index in [4.69, 9.17) is 0 Å². The van der Waals surface area contributed by atoms with Crippen LogP contribution in [0, 0.1) is 5.41 Å². The molecule has 0 aliphatic carbocycles. The van der Waals surface area contributed by atoms with Gasteiger partial charge in [-0.3, -0.25) is 4.79 Å². The molecule has 1 aromatic rings. The number of halogens is 6. The minimum atomic E-state index is -5.71. The number of hydrogen-bond acceptors (Lipinski definition) is 2. The molecule has 25 heavy (non-hydrogen) atoms. The summed E-state index contributed by atoms with van der Waals surface area (Å²) in [7, 11) is 0. The highest BCUT2D eigenvalue weighted by molar-refractivity contribution is 5.76. The zero-order valence-electron chi connectivity index (χ0n) is 14.0. The van der Waals surface area contributed by atoms with Crippen molar-refractivity contribution in [1.82, 2.24) is 0 Å². The van der Waals surface area contributed by atoms with E-state index in [1.807, 2.05) is 6.92 Å². The van der Waals surface area contributed by atoms with Crippen LogP contribution in [0.25, 0.3) is 0 Å². The first-order valence-corrected chi connectivity index (χ1v) is 7.68. The predicted octanol–water partition coefficient (Wildman–Crippen LogP) is 5.63. The van der Waals surface area contributed by atoms with Gasteiger partial charge in [-0.1, -0.05) is 37.3 Å². The van der Waals surface area contributed by atoms with Crippen LogP contribution in [-0.2, 0) is 9.53 Å². The third-order valence-electron chi connectivity index (χ3n) is 3.89. The Morgan fingerprint density at radius 2 is 1.48 bits per heavy atom. The second kappa shape index (κ2) is 7.66. The average Bonchev–Trinajstić information content (AvgIpc) is 2.48. The molecule has 0 saturated carbocycles. The van der Waals surface area contributed by atoms with Crippen LogP contribution in [0.3, 0.4) is 0 Å². The van der Waals surface area contributed by atoms with E-state index in [9.17, 15) is 31.1 Å². The van der Waals surface area contributed by atoms with Gasteiger partial charge in [0, 0.05) is 0 Å². The van der Waals surface area contributed by atoms with Gasteiger partial charge in [0.05, 0.1) is 5.41 Å². The molecule has 1 rings (SSSR count). The van der Waals surface area contributed by atoms with Gasteiger partial charge in [-0.25, -0.2) is 0 Å². The van der Waals surface area contributed by atoms with Crippen molar-refractivity contribution in [3.8, 4) is 0 Å². The quantitative estimate of drug-likeness (QED) is 0.479. The molecule has 0 amide bonds. The molecule has 1 aromatic carbocycles. The summed E-state index contributed by atoms with van der Waals surface area (Å²) in [4.78, 5) is 12.0. The smallest absolute Gasteiger partial charge is 0.434 e. The molecular weight excluding hydrogens is 350 g/mol. The molecule has 8 heteroatoms. The third-order valence-corrected chi connectivity index (χ3v) is 3.89. The lowest BCUT2D eigenvalue weighted by atomic mass is 9.79. The molecule has 142 valence electrons.